The van der Waals surface area contributed by atoms with Crippen molar-refractivity contribution in [2.75, 3.05) is 52.6 Å². The summed E-state index contributed by atoms with van der Waals surface area (Å²) in [5.74, 6) is 5.81. The van der Waals surface area contributed by atoms with Crippen molar-refractivity contribution in [3.05, 3.63) is 68.8 Å². The molecule has 2 aromatic carbocycles. The van der Waals surface area contributed by atoms with Gasteiger partial charge in [0.2, 0.25) is 0 Å². The number of hydrogen-bond donors (Lipinski definition) is 2. The second-order valence-corrected chi connectivity index (χ2v) is 7.90. The highest BCUT2D eigenvalue weighted by atomic mass is 35.5. The second-order valence-electron chi connectivity index (χ2n) is 7.59. The van der Waals surface area contributed by atoms with Crippen LogP contribution in [0.4, 0.5) is 21.0 Å². The van der Waals surface area contributed by atoms with Crippen LogP contribution in [0.15, 0.2) is 48.5 Å². The summed E-state index contributed by atoms with van der Waals surface area (Å²) in [6.45, 7) is 5.62. The number of halogens is 1. The summed E-state index contributed by atoms with van der Waals surface area (Å²) >= 11 is 4.92. The zero-order chi connectivity index (χ0) is 28.6. The Kier molecular flexibility index (Phi) is 13.5. The van der Waals surface area contributed by atoms with Crippen LogP contribution in [-0.2, 0) is 9.47 Å². The molecule has 212 valence electrons. The standard InChI is InChI=1S/C11H13N3O5.C7H4ClNO4.C4H10N2O/c15-11(12-13-5-7-18-8-6-13)19-10-3-1-9(2-4-10)14(16)17;8-7(10)13-6-3-1-5(2-4-6)9(11)12;5-6-1-3-7-4-2-6/h1-4H,5-8H2,(H,12,15);1-4H;1-5H2. The average molecular weight is 571 g/mol. The number of nitrogens with one attached hydrogen (secondary N) is 1. The van der Waals surface area contributed by atoms with Gasteiger partial charge in [-0.3, -0.25) is 31.5 Å². The van der Waals surface area contributed by atoms with E-state index < -0.39 is 21.4 Å². The molecule has 2 aliphatic rings. The van der Waals surface area contributed by atoms with Gasteiger partial charge in [0.25, 0.3) is 11.4 Å². The molecule has 2 aliphatic heterocycles. The van der Waals surface area contributed by atoms with E-state index in [4.69, 9.17) is 31.7 Å². The number of non-ortho nitro benzene ring substituents is 2. The van der Waals surface area contributed by atoms with Gasteiger partial charge in [0, 0.05) is 62.0 Å². The SMILES string of the molecule is NN1CCOCC1.O=C(Cl)Oc1ccc([N+](=O)[O-])cc1.O=C(NN1CCOCC1)Oc1ccc([N+](=O)[O-])cc1. The molecule has 16 nitrogen and oxygen atoms in total. The molecular formula is C22H27ClN6O10. The molecule has 0 saturated carbocycles. The number of ether oxygens (including phenoxy) is 4. The van der Waals surface area contributed by atoms with Crippen LogP contribution in [0, 0.1) is 20.2 Å². The van der Waals surface area contributed by atoms with Crippen LogP contribution in [0.25, 0.3) is 0 Å². The number of morpholine rings is 2. The molecule has 0 unspecified atom stereocenters. The molecule has 0 bridgehead atoms. The monoisotopic (exact) mass is 570 g/mol. The fourth-order valence-corrected chi connectivity index (χ4v) is 2.97. The maximum absolute atomic E-state index is 11.5. The highest BCUT2D eigenvalue weighted by Crippen LogP contribution is 2.18. The number of carbonyl (C=O) groups excluding carboxylic acids is 2. The predicted molar refractivity (Wildman–Crippen MR) is 136 cm³/mol. The van der Waals surface area contributed by atoms with E-state index >= 15 is 0 Å². The smallest absolute Gasteiger partial charge is 0.414 e. The van der Waals surface area contributed by atoms with Crippen LogP contribution in [0.5, 0.6) is 11.5 Å². The molecule has 2 fully saturated rings. The summed E-state index contributed by atoms with van der Waals surface area (Å²) in [5, 5.41) is 24.1. The molecule has 0 aliphatic carbocycles. The minimum Gasteiger partial charge on any atom is -0.414 e. The van der Waals surface area contributed by atoms with Gasteiger partial charge >= 0.3 is 11.5 Å². The molecule has 3 N–H and O–H groups in total. The van der Waals surface area contributed by atoms with Crippen LogP contribution in [0.1, 0.15) is 0 Å². The van der Waals surface area contributed by atoms with Gasteiger partial charge in [-0.05, 0) is 24.3 Å². The highest BCUT2D eigenvalue weighted by Gasteiger charge is 2.14. The van der Waals surface area contributed by atoms with Gasteiger partial charge in [-0.25, -0.2) is 19.6 Å². The quantitative estimate of drug-likeness (QED) is 0.230. The van der Waals surface area contributed by atoms with Gasteiger partial charge in [0.05, 0.1) is 36.3 Å². The van der Waals surface area contributed by atoms with Crippen LogP contribution in [0.2, 0.25) is 0 Å². The van der Waals surface area contributed by atoms with Crippen molar-refractivity contribution in [1.29, 1.82) is 0 Å². The van der Waals surface area contributed by atoms with Crippen molar-refractivity contribution >= 4 is 34.5 Å². The number of hydrazine groups is 2. The van der Waals surface area contributed by atoms with E-state index in [0.717, 1.165) is 26.3 Å². The number of carbonyl (C=O) groups is 2. The van der Waals surface area contributed by atoms with E-state index in [1.165, 1.54) is 48.5 Å². The summed E-state index contributed by atoms with van der Waals surface area (Å²) in [7, 11) is 0. The van der Waals surface area contributed by atoms with Crippen molar-refractivity contribution in [2.45, 2.75) is 0 Å². The van der Waals surface area contributed by atoms with Crippen molar-refractivity contribution in [3.8, 4) is 11.5 Å². The van der Waals surface area contributed by atoms with Crippen LogP contribution >= 0.6 is 11.6 Å². The van der Waals surface area contributed by atoms with Gasteiger partial charge in [-0.15, -0.1) is 0 Å². The average Bonchev–Trinajstić information content (AvgIpc) is 2.91. The van der Waals surface area contributed by atoms with Crippen molar-refractivity contribution in [3.63, 3.8) is 0 Å². The van der Waals surface area contributed by atoms with Crippen molar-refractivity contribution in [2.24, 2.45) is 5.84 Å². The molecule has 2 heterocycles. The number of benzene rings is 2. The lowest BCUT2D eigenvalue weighted by molar-refractivity contribution is -0.385. The Morgan fingerprint density at radius 1 is 0.795 bits per heavy atom. The zero-order valence-electron chi connectivity index (χ0n) is 20.6. The number of nitro benzene ring substituents is 2. The van der Waals surface area contributed by atoms with E-state index in [0.29, 0.717) is 26.3 Å². The molecular weight excluding hydrogens is 544 g/mol. The van der Waals surface area contributed by atoms with Gasteiger partial charge in [-0.1, -0.05) is 0 Å². The number of nitro groups is 2. The lowest BCUT2D eigenvalue weighted by atomic mass is 10.3. The first-order chi connectivity index (χ1) is 18.6. The largest absolute Gasteiger partial charge is 0.427 e. The Morgan fingerprint density at radius 3 is 1.56 bits per heavy atom. The molecule has 1 amide bonds. The molecule has 0 aromatic heterocycles. The minimum atomic E-state index is -0.978. The van der Waals surface area contributed by atoms with Crippen LogP contribution in [-0.4, -0.2) is 84.0 Å². The first-order valence-electron chi connectivity index (χ1n) is 11.4. The summed E-state index contributed by atoms with van der Waals surface area (Å²) in [5.41, 5.74) is 1.46. The summed E-state index contributed by atoms with van der Waals surface area (Å²) in [4.78, 5) is 41.4. The molecule has 2 saturated heterocycles. The Balaban J connectivity index is 0.000000229. The first kappa shape index (κ1) is 31.3. The third-order valence-corrected chi connectivity index (χ3v) is 4.89. The second kappa shape index (κ2) is 16.8. The fraction of sp³-hybridized carbons (Fsp3) is 0.364. The van der Waals surface area contributed by atoms with Gasteiger partial charge < -0.3 is 18.9 Å². The maximum atomic E-state index is 11.5. The first-order valence-corrected chi connectivity index (χ1v) is 11.8. The van der Waals surface area contributed by atoms with E-state index in [-0.39, 0.29) is 22.9 Å². The molecule has 4 rings (SSSR count). The van der Waals surface area contributed by atoms with Gasteiger partial charge in [0.15, 0.2) is 0 Å². The van der Waals surface area contributed by atoms with Gasteiger partial charge in [0.1, 0.15) is 11.5 Å². The number of hydrogen-bond acceptors (Lipinski definition) is 13. The Morgan fingerprint density at radius 2 is 1.21 bits per heavy atom. The third-order valence-electron chi connectivity index (χ3n) is 4.81. The predicted octanol–water partition coefficient (Wildman–Crippen LogP) is 2.46. The minimum absolute atomic E-state index is 0.0547. The topological polar surface area (TPSA) is 202 Å². The highest BCUT2D eigenvalue weighted by molar-refractivity contribution is 6.61. The molecule has 0 radical (unpaired) electrons. The van der Waals surface area contributed by atoms with E-state index in [9.17, 15) is 29.8 Å². The number of nitrogens with two attached hydrogens (primary N) is 1. The third kappa shape index (κ3) is 12.9. The molecule has 17 heteroatoms. The number of nitrogens with zero attached hydrogens (tertiary/aromatic N) is 4. The lowest BCUT2D eigenvalue weighted by Gasteiger charge is -2.26. The molecule has 0 spiro atoms. The van der Waals surface area contributed by atoms with Crippen LogP contribution in [0.3, 0.4) is 0 Å². The number of rotatable bonds is 5. The Hall–Kier alpha value is -3.93. The van der Waals surface area contributed by atoms with Crippen molar-refractivity contribution in [1.82, 2.24) is 15.4 Å². The Bertz CT molecular complexity index is 1080. The molecule has 2 aromatic rings. The Labute approximate surface area is 227 Å². The maximum Gasteiger partial charge on any atom is 0.427 e. The van der Waals surface area contributed by atoms with E-state index in [1.807, 2.05) is 0 Å². The molecule has 39 heavy (non-hydrogen) atoms. The van der Waals surface area contributed by atoms with Gasteiger partial charge in [-0.2, -0.15) is 0 Å². The lowest BCUT2D eigenvalue weighted by Crippen LogP contribution is -2.49. The fourth-order valence-electron chi connectivity index (χ4n) is 2.88. The summed E-state index contributed by atoms with van der Waals surface area (Å²) < 4.78 is 19.6. The van der Waals surface area contributed by atoms with E-state index in [2.05, 4.69) is 10.2 Å². The molecule has 0 atom stereocenters. The number of amides is 1. The summed E-state index contributed by atoms with van der Waals surface area (Å²) in [6.07, 6.45) is -0.629. The van der Waals surface area contributed by atoms with Crippen molar-refractivity contribution < 1.29 is 38.4 Å². The van der Waals surface area contributed by atoms with E-state index in [1.54, 1.807) is 10.0 Å². The van der Waals surface area contributed by atoms with Crippen LogP contribution < -0.4 is 20.7 Å². The zero-order valence-corrected chi connectivity index (χ0v) is 21.4. The summed E-state index contributed by atoms with van der Waals surface area (Å²) in [6, 6.07) is 10.3. The normalized spacial score (nSPS) is 15.3.